The fourth-order valence-corrected chi connectivity index (χ4v) is 2.52. The van der Waals surface area contributed by atoms with Gasteiger partial charge in [0.2, 0.25) is 0 Å². The lowest BCUT2D eigenvalue weighted by Crippen LogP contribution is -2.20. The van der Waals surface area contributed by atoms with Gasteiger partial charge in [-0.1, -0.05) is 33.6 Å². The van der Waals surface area contributed by atoms with Crippen molar-refractivity contribution >= 4 is 0 Å². The van der Waals surface area contributed by atoms with Crippen LogP contribution in [0.25, 0.3) is 0 Å². The van der Waals surface area contributed by atoms with Crippen molar-refractivity contribution in [2.24, 2.45) is 11.3 Å². The van der Waals surface area contributed by atoms with E-state index >= 15 is 0 Å². The Kier molecular flexibility index (Phi) is 5.62. The third-order valence-corrected chi connectivity index (χ3v) is 3.24. The summed E-state index contributed by atoms with van der Waals surface area (Å²) < 4.78 is 0. The predicted octanol–water partition coefficient (Wildman–Crippen LogP) is 3.95. The fourth-order valence-electron chi connectivity index (χ4n) is 2.52. The molecule has 0 radical (unpaired) electrons. The Hall–Kier alpha value is -0.0800. The van der Waals surface area contributed by atoms with Crippen LogP contribution < -0.4 is 0 Å². The standard InChI is InChI=1S/C9H18.C4H8O2/c1-8-5-4-6-9(2,3)7-8;1-2-4-6-5-3-1/h8H,4-7H2,1-3H3;1-4H2. The van der Waals surface area contributed by atoms with Gasteiger partial charge < -0.3 is 0 Å². The zero-order valence-corrected chi connectivity index (χ0v) is 10.6. The molecule has 15 heavy (non-hydrogen) atoms. The van der Waals surface area contributed by atoms with Crippen molar-refractivity contribution in [3.63, 3.8) is 0 Å². The first-order valence-corrected chi connectivity index (χ1v) is 6.34. The minimum absolute atomic E-state index is 0.650. The molecule has 1 unspecified atom stereocenters. The SMILES string of the molecule is C1CCOOC1.CC1CCCC(C)(C)C1. The Morgan fingerprint density at radius 1 is 1.00 bits per heavy atom. The van der Waals surface area contributed by atoms with E-state index in [2.05, 4.69) is 30.5 Å². The quantitative estimate of drug-likeness (QED) is 0.568. The molecule has 1 heterocycles. The van der Waals surface area contributed by atoms with Crippen molar-refractivity contribution in [3.05, 3.63) is 0 Å². The second-order valence-electron chi connectivity index (χ2n) is 5.72. The minimum atomic E-state index is 0.650. The summed E-state index contributed by atoms with van der Waals surface area (Å²) >= 11 is 0. The molecule has 2 heteroatoms. The van der Waals surface area contributed by atoms with Crippen molar-refractivity contribution in [1.29, 1.82) is 0 Å². The molecule has 2 aliphatic rings. The Morgan fingerprint density at radius 2 is 1.60 bits per heavy atom. The molecule has 2 rings (SSSR count). The van der Waals surface area contributed by atoms with Crippen LogP contribution in [-0.4, -0.2) is 13.2 Å². The van der Waals surface area contributed by atoms with Gasteiger partial charge in [-0.25, -0.2) is 9.78 Å². The molecule has 0 spiro atoms. The fraction of sp³-hybridized carbons (Fsp3) is 1.00. The molecule has 2 nitrogen and oxygen atoms in total. The Balaban J connectivity index is 0.000000162. The van der Waals surface area contributed by atoms with Crippen molar-refractivity contribution in [2.45, 2.75) is 59.3 Å². The predicted molar refractivity (Wildman–Crippen MR) is 62.6 cm³/mol. The summed E-state index contributed by atoms with van der Waals surface area (Å²) in [5.41, 5.74) is 0.650. The molecule has 0 amide bonds. The van der Waals surface area contributed by atoms with Crippen molar-refractivity contribution < 1.29 is 9.78 Å². The van der Waals surface area contributed by atoms with E-state index in [0.29, 0.717) is 5.41 Å². The number of rotatable bonds is 0. The van der Waals surface area contributed by atoms with Gasteiger partial charge in [0.15, 0.2) is 0 Å². The van der Waals surface area contributed by atoms with Crippen molar-refractivity contribution in [1.82, 2.24) is 0 Å². The summed E-state index contributed by atoms with van der Waals surface area (Å²) in [6, 6.07) is 0. The normalized spacial score (nSPS) is 30.2. The summed E-state index contributed by atoms with van der Waals surface area (Å²) in [7, 11) is 0. The second kappa shape index (κ2) is 6.49. The molecule has 0 aromatic carbocycles. The first-order chi connectivity index (χ1) is 7.10. The van der Waals surface area contributed by atoms with Crippen LogP contribution >= 0.6 is 0 Å². The maximum Gasteiger partial charge on any atom is 0.0823 e. The average molecular weight is 214 g/mol. The average Bonchev–Trinajstić information content (AvgIpc) is 2.19. The molecule has 0 aromatic rings. The molecule has 90 valence electrons. The van der Waals surface area contributed by atoms with Crippen LogP contribution in [0.1, 0.15) is 59.3 Å². The summed E-state index contributed by atoms with van der Waals surface area (Å²) in [6.07, 6.45) is 8.10. The molecular weight excluding hydrogens is 188 g/mol. The Bertz CT molecular complexity index is 150. The van der Waals surface area contributed by atoms with Crippen molar-refractivity contribution in [2.75, 3.05) is 13.2 Å². The first kappa shape index (κ1) is 13.0. The molecule has 2 fully saturated rings. The van der Waals surface area contributed by atoms with E-state index in [4.69, 9.17) is 0 Å². The van der Waals surface area contributed by atoms with Crippen molar-refractivity contribution in [3.8, 4) is 0 Å². The van der Waals surface area contributed by atoms with Gasteiger partial charge in [-0.2, -0.15) is 0 Å². The van der Waals surface area contributed by atoms with E-state index < -0.39 is 0 Å². The molecule has 1 saturated heterocycles. The maximum atomic E-state index is 4.57. The van der Waals surface area contributed by atoms with Gasteiger partial charge in [-0.15, -0.1) is 0 Å². The van der Waals surface area contributed by atoms with Gasteiger partial charge in [0.05, 0.1) is 13.2 Å². The molecule has 0 N–H and O–H groups in total. The van der Waals surface area contributed by atoms with Crippen LogP contribution in [0.5, 0.6) is 0 Å². The molecular formula is C13H26O2. The van der Waals surface area contributed by atoms with Crippen LogP contribution in [0, 0.1) is 11.3 Å². The molecule has 1 saturated carbocycles. The maximum absolute atomic E-state index is 4.57. The largest absolute Gasteiger partial charge is 0.237 e. The highest BCUT2D eigenvalue weighted by Gasteiger charge is 2.24. The van der Waals surface area contributed by atoms with Gasteiger partial charge in [0.25, 0.3) is 0 Å². The van der Waals surface area contributed by atoms with Gasteiger partial charge in [-0.05, 0) is 37.0 Å². The zero-order chi connectivity index (χ0) is 11.1. The minimum Gasteiger partial charge on any atom is -0.237 e. The molecule has 0 bridgehead atoms. The molecule has 1 atom stereocenters. The number of hydrogen-bond acceptors (Lipinski definition) is 2. The summed E-state index contributed by atoms with van der Waals surface area (Å²) in [5, 5.41) is 0. The smallest absolute Gasteiger partial charge is 0.0823 e. The summed E-state index contributed by atoms with van der Waals surface area (Å²) in [5.74, 6) is 0.980. The highest BCUT2D eigenvalue weighted by Crippen LogP contribution is 2.37. The van der Waals surface area contributed by atoms with E-state index in [-0.39, 0.29) is 0 Å². The van der Waals surface area contributed by atoms with E-state index in [1.165, 1.54) is 25.7 Å². The lowest BCUT2D eigenvalue weighted by Gasteiger charge is -2.33. The third kappa shape index (κ3) is 6.16. The highest BCUT2D eigenvalue weighted by atomic mass is 17.2. The van der Waals surface area contributed by atoms with Gasteiger partial charge in [-0.3, -0.25) is 0 Å². The molecule has 1 aliphatic heterocycles. The second-order valence-corrected chi connectivity index (χ2v) is 5.72. The lowest BCUT2D eigenvalue weighted by molar-refractivity contribution is -0.312. The van der Waals surface area contributed by atoms with Crippen LogP contribution in [0.15, 0.2) is 0 Å². The zero-order valence-electron chi connectivity index (χ0n) is 10.6. The van der Waals surface area contributed by atoms with Crippen LogP contribution in [-0.2, 0) is 9.78 Å². The molecule has 1 aliphatic carbocycles. The lowest BCUT2D eigenvalue weighted by atomic mass is 9.73. The van der Waals surface area contributed by atoms with Gasteiger partial charge in [0.1, 0.15) is 0 Å². The topological polar surface area (TPSA) is 18.5 Å². The van der Waals surface area contributed by atoms with Gasteiger partial charge >= 0.3 is 0 Å². The van der Waals surface area contributed by atoms with E-state index in [9.17, 15) is 0 Å². The van der Waals surface area contributed by atoms with E-state index in [0.717, 1.165) is 32.0 Å². The summed E-state index contributed by atoms with van der Waals surface area (Å²) in [4.78, 5) is 9.14. The molecule has 0 aromatic heterocycles. The monoisotopic (exact) mass is 214 g/mol. The Morgan fingerprint density at radius 3 is 1.87 bits per heavy atom. The number of hydrogen-bond donors (Lipinski definition) is 0. The van der Waals surface area contributed by atoms with Crippen LogP contribution in [0.3, 0.4) is 0 Å². The van der Waals surface area contributed by atoms with E-state index in [1.54, 1.807) is 0 Å². The third-order valence-electron chi connectivity index (χ3n) is 3.24. The van der Waals surface area contributed by atoms with Gasteiger partial charge in [0, 0.05) is 0 Å². The first-order valence-electron chi connectivity index (χ1n) is 6.34. The Labute approximate surface area is 94.3 Å². The van der Waals surface area contributed by atoms with Crippen LogP contribution in [0.2, 0.25) is 0 Å². The van der Waals surface area contributed by atoms with Crippen LogP contribution in [0.4, 0.5) is 0 Å². The highest BCUT2D eigenvalue weighted by molar-refractivity contribution is 4.76. The summed E-state index contributed by atoms with van der Waals surface area (Å²) in [6.45, 7) is 8.71. The van der Waals surface area contributed by atoms with E-state index in [1.807, 2.05) is 0 Å².